The highest BCUT2D eigenvalue weighted by molar-refractivity contribution is 5.04. The first-order valence-corrected chi connectivity index (χ1v) is 7.77. The molecule has 0 radical (unpaired) electrons. The fourth-order valence-electron chi connectivity index (χ4n) is 3.07. The van der Waals surface area contributed by atoms with Gasteiger partial charge in [0.05, 0.1) is 5.69 Å². The van der Waals surface area contributed by atoms with Crippen molar-refractivity contribution in [3.05, 3.63) is 36.1 Å². The van der Waals surface area contributed by atoms with Crippen LogP contribution >= 0.6 is 0 Å². The summed E-state index contributed by atoms with van der Waals surface area (Å²) < 4.78 is 7.67. The number of hydrogen-bond acceptors (Lipinski definition) is 4. The number of hydrogen-bond donors (Lipinski definition) is 0. The summed E-state index contributed by atoms with van der Waals surface area (Å²) in [6.45, 7) is 7.26. The second-order valence-corrected chi connectivity index (χ2v) is 6.30. The maximum absolute atomic E-state index is 5.53. The molecule has 2 aromatic heterocycles. The quantitative estimate of drug-likeness (QED) is 0.868. The van der Waals surface area contributed by atoms with Crippen LogP contribution in [-0.2, 0) is 13.6 Å². The lowest BCUT2D eigenvalue weighted by Crippen LogP contribution is -2.34. The molecule has 0 bridgehead atoms. The molecule has 3 rings (SSSR count). The Labute approximate surface area is 126 Å². The maximum atomic E-state index is 5.53. The first-order chi connectivity index (χ1) is 10.1. The van der Waals surface area contributed by atoms with E-state index in [0.717, 1.165) is 31.2 Å². The van der Waals surface area contributed by atoms with Gasteiger partial charge in [0.1, 0.15) is 12.1 Å². The van der Waals surface area contributed by atoms with Gasteiger partial charge in [-0.25, -0.2) is 9.97 Å². The van der Waals surface area contributed by atoms with Crippen LogP contribution < -0.4 is 0 Å². The van der Waals surface area contributed by atoms with E-state index in [1.807, 2.05) is 12.4 Å². The van der Waals surface area contributed by atoms with Gasteiger partial charge in [-0.15, -0.1) is 0 Å². The van der Waals surface area contributed by atoms with E-state index >= 15 is 0 Å². The normalized spacial score (nSPS) is 20.3. The number of oxazole rings is 1. The van der Waals surface area contributed by atoms with Crippen LogP contribution in [0.4, 0.5) is 0 Å². The summed E-state index contributed by atoms with van der Waals surface area (Å²) >= 11 is 0. The van der Waals surface area contributed by atoms with E-state index in [4.69, 9.17) is 4.42 Å². The zero-order chi connectivity index (χ0) is 14.8. The van der Waals surface area contributed by atoms with E-state index in [1.165, 1.54) is 18.7 Å². The summed E-state index contributed by atoms with van der Waals surface area (Å²) in [4.78, 5) is 11.6. The molecule has 21 heavy (non-hydrogen) atoms. The largest absolute Gasteiger partial charge is 0.448 e. The first-order valence-electron chi connectivity index (χ1n) is 7.77. The number of nitrogens with zero attached hydrogens (tertiary/aromatic N) is 4. The Morgan fingerprint density at radius 2 is 2.29 bits per heavy atom. The highest BCUT2D eigenvalue weighted by atomic mass is 16.3. The third kappa shape index (κ3) is 3.18. The van der Waals surface area contributed by atoms with Crippen LogP contribution in [0, 0.1) is 0 Å². The minimum atomic E-state index is 0.348. The molecule has 0 saturated carbocycles. The monoisotopic (exact) mass is 288 g/mol. The lowest BCUT2D eigenvalue weighted by atomic mass is 9.97. The van der Waals surface area contributed by atoms with E-state index in [-0.39, 0.29) is 0 Å². The number of aromatic nitrogens is 3. The van der Waals surface area contributed by atoms with Crippen molar-refractivity contribution in [2.45, 2.75) is 45.1 Å². The molecule has 5 heteroatoms. The molecule has 1 aliphatic rings. The van der Waals surface area contributed by atoms with Gasteiger partial charge < -0.3 is 8.98 Å². The minimum Gasteiger partial charge on any atom is -0.448 e. The van der Waals surface area contributed by atoms with Crippen molar-refractivity contribution >= 4 is 0 Å². The van der Waals surface area contributed by atoms with Gasteiger partial charge in [-0.3, -0.25) is 4.90 Å². The van der Waals surface area contributed by atoms with Gasteiger partial charge in [0.15, 0.2) is 5.89 Å². The van der Waals surface area contributed by atoms with Crippen molar-refractivity contribution in [1.82, 2.24) is 19.4 Å². The summed E-state index contributed by atoms with van der Waals surface area (Å²) in [5.74, 6) is 2.90. The van der Waals surface area contributed by atoms with Gasteiger partial charge in [0.25, 0.3) is 0 Å². The van der Waals surface area contributed by atoms with Gasteiger partial charge >= 0.3 is 0 Å². The summed E-state index contributed by atoms with van der Waals surface area (Å²) in [6, 6.07) is 0. The van der Waals surface area contributed by atoms with Crippen molar-refractivity contribution in [1.29, 1.82) is 0 Å². The highest BCUT2D eigenvalue weighted by Crippen LogP contribution is 2.26. The van der Waals surface area contributed by atoms with E-state index in [1.54, 1.807) is 6.26 Å². The molecule has 0 N–H and O–H groups in total. The summed E-state index contributed by atoms with van der Waals surface area (Å²) in [5.41, 5.74) is 1.04. The van der Waals surface area contributed by atoms with Gasteiger partial charge in [-0.1, -0.05) is 13.8 Å². The molecule has 1 saturated heterocycles. The second-order valence-electron chi connectivity index (χ2n) is 6.30. The molecule has 3 heterocycles. The highest BCUT2D eigenvalue weighted by Gasteiger charge is 2.24. The van der Waals surface area contributed by atoms with Crippen LogP contribution in [-0.4, -0.2) is 32.5 Å². The van der Waals surface area contributed by atoms with E-state index < -0.39 is 0 Å². The molecule has 0 aromatic carbocycles. The molecule has 0 amide bonds. The molecule has 1 atom stereocenters. The lowest BCUT2D eigenvalue weighted by molar-refractivity contribution is 0.193. The summed E-state index contributed by atoms with van der Waals surface area (Å²) in [5, 5.41) is 0. The van der Waals surface area contributed by atoms with Crippen LogP contribution in [0.3, 0.4) is 0 Å². The molecular formula is C16H24N4O. The Morgan fingerprint density at radius 1 is 1.43 bits per heavy atom. The Bertz CT molecular complexity index is 587. The van der Waals surface area contributed by atoms with Crippen molar-refractivity contribution < 1.29 is 4.42 Å². The standard InChI is InChI=1S/C16H24N4O/c1-12(2)16-18-14(11-21-16)10-20-7-4-5-13(9-20)15-17-6-8-19(15)3/h6,8,11-13H,4-5,7,9-10H2,1-3H3/t13-/m1/s1. The van der Waals surface area contributed by atoms with Crippen molar-refractivity contribution in [2.75, 3.05) is 13.1 Å². The first kappa shape index (κ1) is 14.3. The molecule has 0 unspecified atom stereocenters. The van der Waals surface area contributed by atoms with Gasteiger partial charge in [-0.2, -0.15) is 0 Å². The molecule has 1 fully saturated rings. The van der Waals surface area contributed by atoms with Gasteiger partial charge in [0.2, 0.25) is 0 Å². The van der Waals surface area contributed by atoms with Gasteiger partial charge in [0, 0.05) is 44.4 Å². The number of imidazole rings is 1. The zero-order valence-electron chi connectivity index (χ0n) is 13.1. The smallest absolute Gasteiger partial charge is 0.196 e. The summed E-state index contributed by atoms with van der Waals surface area (Å²) in [6.07, 6.45) is 8.16. The van der Waals surface area contributed by atoms with Crippen LogP contribution in [0.15, 0.2) is 23.1 Å². The second kappa shape index (κ2) is 6.02. The molecular weight excluding hydrogens is 264 g/mol. The molecule has 0 aliphatic carbocycles. The molecule has 1 aliphatic heterocycles. The Balaban J connectivity index is 1.64. The van der Waals surface area contributed by atoms with Crippen molar-refractivity contribution in [2.24, 2.45) is 7.05 Å². The Kier molecular flexibility index (Phi) is 4.10. The lowest BCUT2D eigenvalue weighted by Gasteiger charge is -2.31. The fraction of sp³-hybridized carbons (Fsp3) is 0.625. The predicted molar refractivity (Wildman–Crippen MR) is 81.1 cm³/mol. The Morgan fingerprint density at radius 3 is 2.95 bits per heavy atom. The van der Waals surface area contributed by atoms with Crippen LogP contribution in [0.1, 0.15) is 55.9 Å². The predicted octanol–water partition coefficient (Wildman–Crippen LogP) is 2.91. The zero-order valence-corrected chi connectivity index (χ0v) is 13.1. The number of likely N-dealkylation sites (tertiary alicyclic amines) is 1. The Hall–Kier alpha value is -1.62. The van der Waals surface area contributed by atoms with Crippen LogP contribution in [0.5, 0.6) is 0 Å². The number of piperidine rings is 1. The third-order valence-corrected chi connectivity index (χ3v) is 4.18. The van der Waals surface area contributed by atoms with Crippen LogP contribution in [0.25, 0.3) is 0 Å². The number of rotatable bonds is 4. The SMILES string of the molecule is CC(C)c1nc(CN2CCC[C@@H](c3nccn3C)C2)co1. The topological polar surface area (TPSA) is 47.1 Å². The van der Waals surface area contributed by atoms with E-state index in [0.29, 0.717) is 11.8 Å². The summed E-state index contributed by atoms with van der Waals surface area (Å²) in [7, 11) is 2.08. The molecule has 114 valence electrons. The van der Waals surface area contributed by atoms with E-state index in [9.17, 15) is 0 Å². The fourth-order valence-corrected chi connectivity index (χ4v) is 3.07. The van der Waals surface area contributed by atoms with Crippen LogP contribution in [0.2, 0.25) is 0 Å². The molecule has 0 spiro atoms. The van der Waals surface area contributed by atoms with Crippen molar-refractivity contribution in [3.8, 4) is 0 Å². The minimum absolute atomic E-state index is 0.348. The maximum Gasteiger partial charge on any atom is 0.196 e. The average Bonchev–Trinajstić information content (AvgIpc) is 3.08. The number of aryl methyl sites for hydroxylation is 1. The third-order valence-electron chi connectivity index (χ3n) is 4.18. The molecule has 5 nitrogen and oxygen atoms in total. The molecule has 2 aromatic rings. The average molecular weight is 288 g/mol. The van der Waals surface area contributed by atoms with Crippen molar-refractivity contribution in [3.63, 3.8) is 0 Å². The van der Waals surface area contributed by atoms with Gasteiger partial charge in [-0.05, 0) is 19.4 Å². The van der Waals surface area contributed by atoms with E-state index in [2.05, 4.69) is 40.3 Å².